The van der Waals surface area contributed by atoms with E-state index in [1.165, 1.54) is 30.6 Å². The molecule has 1 aromatic heterocycles. The number of pyridine rings is 1. The van der Waals surface area contributed by atoms with Crippen molar-refractivity contribution in [3.05, 3.63) is 53.9 Å². The summed E-state index contributed by atoms with van der Waals surface area (Å²) in [5, 5.41) is 13.6. The lowest BCUT2D eigenvalue weighted by atomic mass is 9.92. The van der Waals surface area contributed by atoms with Gasteiger partial charge in [-0.3, -0.25) is 24.5 Å². The summed E-state index contributed by atoms with van der Waals surface area (Å²) in [6.45, 7) is 4.82. The number of aliphatic imine (C=N–C) groups is 1. The third kappa shape index (κ3) is 4.21. The fourth-order valence-electron chi connectivity index (χ4n) is 4.66. The highest BCUT2D eigenvalue weighted by atomic mass is 19.4. The van der Waals surface area contributed by atoms with Crippen LogP contribution in [-0.2, 0) is 11.0 Å². The number of ketones is 1. The lowest BCUT2D eigenvalue weighted by Gasteiger charge is -2.30. The lowest BCUT2D eigenvalue weighted by Crippen LogP contribution is -2.44. The molecule has 11 heteroatoms. The van der Waals surface area contributed by atoms with Crippen LogP contribution in [0, 0.1) is 5.92 Å². The van der Waals surface area contributed by atoms with E-state index in [0.717, 1.165) is 6.07 Å². The van der Waals surface area contributed by atoms with Gasteiger partial charge in [0.25, 0.3) is 0 Å². The van der Waals surface area contributed by atoms with Gasteiger partial charge in [-0.2, -0.15) is 13.2 Å². The molecule has 3 heterocycles. The fraction of sp³-hybridized carbons (Fsp3) is 0.364. The number of para-hydroxylation sites is 1. The zero-order valence-corrected chi connectivity index (χ0v) is 17.5. The van der Waals surface area contributed by atoms with Gasteiger partial charge >= 0.3 is 6.18 Å². The molecule has 4 rings (SSSR count). The van der Waals surface area contributed by atoms with Crippen LogP contribution in [-0.4, -0.2) is 71.8 Å². The second-order valence-electron chi connectivity index (χ2n) is 8.20. The number of rotatable bonds is 7. The predicted molar refractivity (Wildman–Crippen MR) is 115 cm³/mol. The Hall–Kier alpha value is -3.31. The molecular formula is C22H22F3N5O3. The Kier molecular flexibility index (Phi) is 5.93. The zero-order chi connectivity index (χ0) is 23.8. The maximum atomic E-state index is 13.5. The normalized spacial score (nSPS) is 23.8. The van der Waals surface area contributed by atoms with Gasteiger partial charge in [0, 0.05) is 50.2 Å². The van der Waals surface area contributed by atoms with Crippen LogP contribution >= 0.6 is 0 Å². The predicted octanol–water partition coefficient (Wildman–Crippen LogP) is 2.06. The Morgan fingerprint density at radius 3 is 2.73 bits per heavy atom. The van der Waals surface area contributed by atoms with Gasteiger partial charge in [-0.25, -0.2) is 0 Å². The van der Waals surface area contributed by atoms with Gasteiger partial charge in [-0.05, 0) is 24.9 Å². The average Bonchev–Trinajstić information content (AvgIpc) is 3.33. The highest BCUT2D eigenvalue weighted by Gasteiger charge is 2.54. The summed E-state index contributed by atoms with van der Waals surface area (Å²) >= 11 is 0. The average molecular weight is 461 g/mol. The number of hydrogen-bond acceptors (Lipinski definition) is 8. The summed E-state index contributed by atoms with van der Waals surface area (Å²) in [5.74, 6) is -0.944. The number of anilines is 2. The first-order valence-electron chi connectivity index (χ1n) is 10.2. The molecule has 2 aliphatic rings. The summed E-state index contributed by atoms with van der Waals surface area (Å²) in [6, 6.07) is 6.90. The minimum atomic E-state index is -4.48. The number of carbonyl (C=O) groups excluding carboxylic acids is 2. The molecule has 2 saturated heterocycles. The summed E-state index contributed by atoms with van der Waals surface area (Å²) in [4.78, 5) is 34.1. The van der Waals surface area contributed by atoms with Gasteiger partial charge in [-0.1, -0.05) is 12.1 Å². The lowest BCUT2D eigenvalue weighted by molar-refractivity contribution is -0.137. The van der Waals surface area contributed by atoms with Crippen LogP contribution in [0.1, 0.15) is 15.9 Å². The van der Waals surface area contributed by atoms with E-state index < -0.39 is 29.4 Å². The SMILES string of the molecule is C=NC12CN(c3ccccc3C(F)(F)F)CC1CN(C(O)Nc1ccncc1C(=O)C=O)C2. The Morgan fingerprint density at radius 1 is 1.30 bits per heavy atom. The maximum absolute atomic E-state index is 13.5. The molecular weight excluding hydrogens is 439 g/mol. The van der Waals surface area contributed by atoms with E-state index in [0.29, 0.717) is 13.1 Å². The van der Waals surface area contributed by atoms with Crippen molar-refractivity contribution < 1.29 is 27.9 Å². The van der Waals surface area contributed by atoms with Crippen molar-refractivity contribution in [1.29, 1.82) is 0 Å². The second-order valence-corrected chi connectivity index (χ2v) is 8.20. The van der Waals surface area contributed by atoms with Gasteiger partial charge in [-0.15, -0.1) is 0 Å². The van der Waals surface area contributed by atoms with Gasteiger partial charge < -0.3 is 15.3 Å². The van der Waals surface area contributed by atoms with Crippen molar-refractivity contribution in [1.82, 2.24) is 9.88 Å². The number of carbonyl (C=O) groups is 2. The number of aliphatic hydroxyl groups excluding tert-OH is 1. The quantitative estimate of drug-likeness (QED) is 0.214. The number of hydrogen-bond donors (Lipinski definition) is 2. The first-order chi connectivity index (χ1) is 15.7. The molecule has 3 unspecified atom stereocenters. The second kappa shape index (κ2) is 8.56. The van der Waals surface area contributed by atoms with Gasteiger partial charge in [0.05, 0.1) is 22.4 Å². The highest BCUT2D eigenvalue weighted by molar-refractivity contribution is 6.34. The summed E-state index contributed by atoms with van der Waals surface area (Å²) < 4.78 is 40.5. The number of aromatic nitrogens is 1. The first kappa shape index (κ1) is 22.9. The smallest absolute Gasteiger partial charge is 0.368 e. The molecule has 33 heavy (non-hydrogen) atoms. The number of nitrogens with one attached hydrogen (secondary N) is 1. The van der Waals surface area contributed by atoms with Crippen LogP contribution in [0.3, 0.4) is 0 Å². The van der Waals surface area contributed by atoms with E-state index in [4.69, 9.17) is 0 Å². The van der Waals surface area contributed by atoms with Crippen molar-refractivity contribution in [2.24, 2.45) is 10.9 Å². The van der Waals surface area contributed by atoms with Gasteiger partial charge in [0.1, 0.15) is 0 Å². The summed E-state index contributed by atoms with van der Waals surface area (Å²) in [6.07, 6.45) is -2.88. The van der Waals surface area contributed by atoms with Gasteiger partial charge in [0.15, 0.2) is 12.6 Å². The van der Waals surface area contributed by atoms with Crippen molar-refractivity contribution in [3.63, 3.8) is 0 Å². The first-order valence-corrected chi connectivity index (χ1v) is 10.2. The molecule has 2 N–H and O–H groups in total. The van der Waals surface area contributed by atoms with E-state index in [9.17, 15) is 27.9 Å². The van der Waals surface area contributed by atoms with Crippen LogP contribution in [0.15, 0.2) is 47.7 Å². The fourth-order valence-corrected chi connectivity index (χ4v) is 4.66. The molecule has 174 valence electrons. The van der Waals surface area contributed by atoms with E-state index in [-0.39, 0.29) is 42.2 Å². The summed E-state index contributed by atoms with van der Waals surface area (Å²) in [7, 11) is 0. The number of nitrogens with zero attached hydrogens (tertiary/aromatic N) is 4. The molecule has 0 amide bonds. The Morgan fingerprint density at radius 2 is 2.06 bits per heavy atom. The highest BCUT2D eigenvalue weighted by Crippen LogP contribution is 2.44. The Bertz CT molecular complexity index is 1080. The monoisotopic (exact) mass is 461 g/mol. The number of aldehydes is 1. The maximum Gasteiger partial charge on any atom is 0.418 e. The van der Waals surface area contributed by atoms with Crippen LogP contribution < -0.4 is 10.2 Å². The molecule has 3 atom stereocenters. The van der Waals surface area contributed by atoms with Crippen molar-refractivity contribution in [2.75, 3.05) is 36.4 Å². The molecule has 2 aromatic rings. The molecule has 1 aromatic carbocycles. The zero-order valence-electron chi connectivity index (χ0n) is 17.5. The number of aliphatic hydroxyl groups is 1. The number of fused-ring (bicyclic) bond motifs is 1. The number of benzene rings is 1. The van der Waals surface area contributed by atoms with E-state index in [1.807, 2.05) is 0 Å². The molecule has 0 radical (unpaired) electrons. The molecule has 8 nitrogen and oxygen atoms in total. The van der Waals surface area contributed by atoms with E-state index in [1.54, 1.807) is 15.9 Å². The standard InChI is InChI=1S/C22H22F3N5O3/c1-26-21-12-29(18-5-3-2-4-16(18)22(23,24)25)9-14(21)10-30(13-21)20(33)28-17-6-7-27-8-15(17)19(32)11-31/h2-8,11,14,20,33H,1,9-10,12-13H2,(H,27,28). The van der Waals surface area contributed by atoms with Crippen LogP contribution in [0.2, 0.25) is 0 Å². The molecule has 2 fully saturated rings. The summed E-state index contributed by atoms with van der Waals surface area (Å²) in [5.41, 5.74) is -1.10. The van der Waals surface area contributed by atoms with Crippen molar-refractivity contribution in [2.45, 2.75) is 18.1 Å². The molecule has 0 saturated carbocycles. The third-order valence-corrected chi connectivity index (χ3v) is 6.29. The number of halogens is 3. The van der Waals surface area contributed by atoms with Crippen molar-refractivity contribution in [3.8, 4) is 0 Å². The molecule has 0 aliphatic carbocycles. The largest absolute Gasteiger partial charge is 0.418 e. The van der Waals surface area contributed by atoms with Crippen LogP contribution in [0.5, 0.6) is 0 Å². The van der Waals surface area contributed by atoms with Crippen LogP contribution in [0.25, 0.3) is 0 Å². The minimum absolute atomic E-state index is 0.0254. The molecule has 2 aliphatic heterocycles. The molecule has 0 bridgehead atoms. The number of alkyl halides is 3. The Labute approximate surface area is 187 Å². The minimum Gasteiger partial charge on any atom is -0.368 e. The van der Waals surface area contributed by atoms with E-state index >= 15 is 0 Å². The third-order valence-electron chi connectivity index (χ3n) is 6.29. The van der Waals surface area contributed by atoms with E-state index in [2.05, 4.69) is 22.0 Å². The molecule has 0 spiro atoms. The van der Waals surface area contributed by atoms with Gasteiger partial charge in [0.2, 0.25) is 5.78 Å². The Balaban J connectivity index is 1.51. The number of Topliss-reactive ketones (excluding diaryl/α,β-unsaturated/α-hetero) is 1. The number of likely N-dealkylation sites (tertiary alicyclic amines) is 1. The van der Waals surface area contributed by atoms with Crippen molar-refractivity contribution >= 4 is 30.2 Å². The van der Waals surface area contributed by atoms with Crippen LogP contribution in [0.4, 0.5) is 24.5 Å². The topological polar surface area (TPSA) is 98.1 Å².